The Bertz CT molecular complexity index is 483. The fourth-order valence-corrected chi connectivity index (χ4v) is 3.50. The van der Waals surface area contributed by atoms with E-state index in [4.69, 9.17) is 17.3 Å². The Morgan fingerprint density at radius 1 is 1.25 bits per heavy atom. The molecule has 1 unspecified atom stereocenters. The normalized spacial score (nSPS) is 12.7. The molecule has 0 aliphatic heterocycles. The highest BCUT2D eigenvalue weighted by atomic mass is 127. The largest absolute Gasteiger partial charge is 0.324 e. The second kappa shape index (κ2) is 5.49. The molecule has 2 N–H and O–H groups in total. The Hall–Kier alpha value is -0.100. The van der Waals surface area contributed by atoms with Crippen molar-refractivity contribution in [3.8, 4) is 0 Å². The molecule has 84 valence electrons. The van der Waals surface area contributed by atoms with Crippen molar-refractivity contribution >= 4 is 45.5 Å². The first-order valence-corrected chi connectivity index (χ1v) is 7.18. The van der Waals surface area contributed by atoms with E-state index in [0.29, 0.717) is 0 Å². The molecule has 2 aromatic rings. The highest BCUT2D eigenvalue weighted by molar-refractivity contribution is 14.1. The van der Waals surface area contributed by atoms with E-state index in [9.17, 15) is 0 Å². The average Bonchev–Trinajstić information content (AvgIpc) is 2.64. The van der Waals surface area contributed by atoms with Gasteiger partial charge in [0, 0.05) is 20.9 Å². The Morgan fingerprint density at radius 3 is 2.62 bits per heavy atom. The van der Waals surface area contributed by atoms with Gasteiger partial charge < -0.3 is 5.73 Å². The minimum absolute atomic E-state index is 0.0443. The molecule has 0 saturated carbocycles. The van der Waals surface area contributed by atoms with Crippen LogP contribution in [0.1, 0.15) is 16.5 Å². The van der Waals surface area contributed by atoms with Gasteiger partial charge in [0.1, 0.15) is 0 Å². The first kappa shape index (κ1) is 12.4. The summed E-state index contributed by atoms with van der Waals surface area (Å²) in [6, 6.07) is 12.2. The van der Waals surface area contributed by atoms with Crippen LogP contribution < -0.4 is 5.73 Å². The molecule has 0 spiro atoms. The van der Waals surface area contributed by atoms with Crippen LogP contribution in [-0.4, -0.2) is 0 Å². The molecular formula is C12H11ClINS. The van der Waals surface area contributed by atoms with Crippen LogP contribution in [0.3, 0.4) is 0 Å². The maximum atomic E-state index is 6.20. The molecule has 0 bridgehead atoms. The number of thiophene rings is 1. The maximum absolute atomic E-state index is 6.20. The van der Waals surface area contributed by atoms with Crippen LogP contribution in [0.4, 0.5) is 0 Å². The van der Waals surface area contributed by atoms with E-state index >= 15 is 0 Å². The van der Waals surface area contributed by atoms with E-state index in [1.54, 1.807) is 11.3 Å². The fourth-order valence-electron chi connectivity index (χ4n) is 1.56. The van der Waals surface area contributed by atoms with Crippen LogP contribution in [0, 0.1) is 3.57 Å². The summed E-state index contributed by atoms with van der Waals surface area (Å²) in [5.74, 6) is 0. The molecule has 1 heterocycles. The zero-order valence-electron chi connectivity index (χ0n) is 8.49. The van der Waals surface area contributed by atoms with Crippen LogP contribution in [-0.2, 0) is 6.42 Å². The lowest BCUT2D eigenvalue weighted by molar-refractivity contribution is 0.726. The summed E-state index contributed by atoms with van der Waals surface area (Å²) in [6.45, 7) is 0. The zero-order chi connectivity index (χ0) is 11.5. The summed E-state index contributed by atoms with van der Waals surface area (Å²) < 4.78 is 2.04. The van der Waals surface area contributed by atoms with Gasteiger partial charge in [0.25, 0.3) is 0 Å². The lowest BCUT2D eigenvalue weighted by Gasteiger charge is -2.12. The third-order valence-electron chi connectivity index (χ3n) is 2.35. The zero-order valence-corrected chi connectivity index (χ0v) is 12.2. The predicted octanol–water partition coefficient (Wildman–Crippen LogP) is 4.25. The van der Waals surface area contributed by atoms with Crippen molar-refractivity contribution < 1.29 is 0 Å². The van der Waals surface area contributed by atoms with Crippen molar-refractivity contribution in [1.29, 1.82) is 0 Å². The van der Waals surface area contributed by atoms with E-state index in [0.717, 1.165) is 10.8 Å². The Labute approximate surface area is 118 Å². The smallest absolute Gasteiger partial charge is 0.0931 e. The first-order chi connectivity index (χ1) is 7.66. The van der Waals surface area contributed by atoms with Crippen molar-refractivity contribution in [2.45, 2.75) is 12.5 Å². The van der Waals surface area contributed by atoms with Crippen molar-refractivity contribution in [1.82, 2.24) is 0 Å². The van der Waals surface area contributed by atoms with E-state index < -0.39 is 0 Å². The molecule has 1 atom stereocenters. The third kappa shape index (κ3) is 2.97. The quantitative estimate of drug-likeness (QED) is 0.811. The summed E-state index contributed by atoms with van der Waals surface area (Å²) >= 11 is 9.82. The van der Waals surface area contributed by atoms with Crippen molar-refractivity contribution in [2.75, 3.05) is 0 Å². The van der Waals surface area contributed by atoms with Gasteiger partial charge in [-0.3, -0.25) is 0 Å². The molecular weight excluding hydrogens is 353 g/mol. The molecule has 1 aromatic carbocycles. The van der Waals surface area contributed by atoms with E-state index in [1.807, 2.05) is 24.3 Å². The monoisotopic (exact) mass is 363 g/mol. The summed E-state index contributed by atoms with van der Waals surface area (Å²) in [5, 5.41) is 0. The van der Waals surface area contributed by atoms with Crippen molar-refractivity contribution in [2.24, 2.45) is 5.73 Å². The van der Waals surface area contributed by atoms with Crippen LogP contribution >= 0.6 is 45.5 Å². The van der Waals surface area contributed by atoms with Gasteiger partial charge >= 0.3 is 0 Å². The molecule has 16 heavy (non-hydrogen) atoms. The van der Waals surface area contributed by atoms with E-state index in [1.165, 1.54) is 14.0 Å². The first-order valence-electron chi connectivity index (χ1n) is 4.91. The second-order valence-corrected chi connectivity index (χ2v) is 6.50. The summed E-state index contributed by atoms with van der Waals surface area (Å²) in [5.41, 5.74) is 7.40. The van der Waals surface area contributed by atoms with Crippen molar-refractivity contribution in [3.63, 3.8) is 0 Å². The average molecular weight is 364 g/mol. The van der Waals surface area contributed by atoms with Gasteiger partial charge in [-0.25, -0.2) is 0 Å². The third-order valence-corrected chi connectivity index (χ3v) is 4.59. The lowest BCUT2D eigenvalue weighted by Crippen LogP contribution is -2.13. The van der Waals surface area contributed by atoms with Gasteiger partial charge in [-0.2, -0.15) is 0 Å². The summed E-state index contributed by atoms with van der Waals surface area (Å²) in [4.78, 5) is 1.23. The van der Waals surface area contributed by atoms with E-state index in [-0.39, 0.29) is 6.04 Å². The molecule has 0 radical (unpaired) electrons. The molecule has 4 heteroatoms. The number of halogens is 2. The minimum atomic E-state index is 0.0443. The Morgan fingerprint density at radius 2 is 2.00 bits per heavy atom. The number of rotatable bonds is 3. The number of hydrogen-bond acceptors (Lipinski definition) is 2. The van der Waals surface area contributed by atoms with Crippen LogP contribution in [0.15, 0.2) is 36.4 Å². The standard InChI is InChI=1S/C12H11ClINS/c13-12-6-5-8(16-12)7-11(15)9-3-1-2-4-10(9)14/h1-6,11H,7,15H2. The molecule has 0 amide bonds. The second-order valence-electron chi connectivity index (χ2n) is 3.54. The number of benzene rings is 1. The number of hydrogen-bond donors (Lipinski definition) is 1. The SMILES string of the molecule is NC(Cc1ccc(Cl)s1)c1ccccc1I. The summed E-state index contributed by atoms with van der Waals surface area (Å²) in [6.07, 6.45) is 0.845. The molecule has 0 aliphatic carbocycles. The van der Waals surface area contributed by atoms with Gasteiger partial charge in [-0.15, -0.1) is 11.3 Å². The Balaban J connectivity index is 2.14. The topological polar surface area (TPSA) is 26.0 Å². The maximum Gasteiger partial charge on any atom is 0.0931 e. The van der Waals surface area contributed by atoms with Gasteiger partial charge in [-0.05, 0) is 46.4 Å². The molecule has 0 saturated heterocycles. The van der Waals surface area contributed by atoms with Crippen LogP contribution in [0.5, 0.6) is 0 Å². The van der Waals surface area contributed by atoms with Gasteiger partial charge in [0.2, 0.25) is 0 Å². The minimum Gasteiger partial charge on any atom is -0.324 e. The fraction of sp³-hybridized carbons (Fsp3) is 0.167. The molecule has 1 aromatic heterocycles. The molecule has 0 aliphatic rings. The lowest BCUT2D eigenvalue weighted by atomic mass is 10.0. The molecule has 0 fully saturated rings. The highest BCUT2D eigenvalue weighted by Crippen LogP contribution is 2.27. The molecule has 1 nitrogen and oxygen atoms in total. The van der Waals surface area contributed by atoms with E-state index in [2.05, 4.69) is 34.7 Å². The highest BCUT2D eigenvalue weighted by Gasteiger charge is 2.11. The predicted molar refractivity (Wildman–Crippen MR) is 79.1 cm³/mol. The molecule has 2 rings (SSSR count). The van der Waals surface area contributed by atoms with Crippen LogP contribution in [0.25, 0.3) is 0 Å². The van der Waals surface area contributed by atoms with Crippen molar-refractivity contribution in [3.05, 3.63) is 54.7 Å². The van der Waals surface area contributed by atoms with Gasteiger partial charge in [0.15, 0.2) is 0 Å². The van der Waals surface area contributed by atoms with Crippen LogP contribution in [0.2, 0.25) is 4.34 Å². The van der Waals surface area contributed by atoms with Gasteiger partial charge in [0.05, 0.1) is 4.34 Å². The van der Waals surface area contributed by atoms with Gasteiger partial charge in [-0.1, -0.05) is 29.8 Å². The number of nitrogens with two attached hydrogens (primary N) is 1. The summed E-state index contributed by atoms with van der Waals surface area (Å²) in [7, 11) is 0. The Kier molecular flexibility index (Phi) is 4.24.